The van der Waals surface area contributed by atoms with Gasteiger partial charge in [0.2, 0.25) is 0 Å². The smallest absolute Gasteiger partial charge is 0.303 e. The number of rotatable bonds is 5. The maximum absolute atomic E-state index is 11.3. The quantitative estimate of drug-likeness (QED) is 0.545. The van der Waals surface area contributed by atoms with Crippen molar-refractivity contribution >= 4 is 29.7 Å². The molecular formula is C13H20O7S. The van der Waals surface area contributed by atoms with E-state index in [9.17, 15) is 14.4 Å². The van der Waals surface area contributed by atoms with Crippen molar-refractivity contribution in [2.75, 3.05) is 12.4 Å². The first-order valence-corrected chi connectivity index (χ1v) is 7.64. The molecule has 0 aromatic rings. The van der Waals surface area contributed by atoms with Crippen LogP contribution in [0.5, 0.6) is 0 Å². The third kappa shape index (κ3) is 5.55. The Balaban J connectivity index is 2.97. The number of esters is 3. The molecule has 0 bridgehead atoms. The van der Waals surface area contributed by atoms with Crippen LogP contribution in [0.4, 0.5) is 0 Å². The van der Waals surface area contributed by atoms with Gasteiger partial charge in [0.25, 0.3) is 0 Å². The Bertz CT molecular complexity index is 398. The first kappa shape index (κ1) is 17.8. The Morgan fingerprint density at radius 3 is 2.00 bits per heavy atom. The Labute approximate surface area is 127 Å². The topological polar surface area (TPSA) is 88.1 Å². The van der Waals surface area contributed by atoms with Gasteiger partial charge in [-0.2, -0.15) is 0 Å². The highest BCUT2D eigenvalue weighted by molar-refractivity contribution is 7.99. The second-order valence-corrected chi connectivity index (χ2v) is 5.83. The van der Waals surface area contributed by atoms with Crippen LogP contribution in [0.3, 0.4) is 0 Å². The summed E-state index contributed by atoms with van der Waals surface area (Å²) in [7, 11) is 0. The zero-order valence-corrected chi connectivity index (χ0v) is 13.3. The summed E-state index contributed by atoms with van der Waals surface area (Å²) in [6.07, 6.45) is -2.51. The van der Waals surface area contributed by atoms with Crippen LogP contribution in [0, 0.1) is 0 Å². The van der Waals surface area contributed by atoms with E-state index in [2.05, 4.69) is 0 Å². The Morgan fingerprint density at radius 2 is 1.52 bits per heavy atom. The largest absolute Gasteiger partial charge is 0.456 e. The first-order valence-electron chi connectivity index (χ1n) is 6.60. The normalized spacial score (nSPS) is 28.6. The number of carbonyl (C=O) groups excluding carboxylic acids is 3. The van der Waals surface area contributed by atoms with Crippen molar-refractivity contribution in [1.29, 1.82) is 0 Å². The molecule has 1 saturated heterocycles. The highest BCUT2D eigenvalue weighted by Gasteiger charge is 2.46. The average molecular weight is 320 g/mol. The summed E-state index contributed by atoms with van der Waals surface area (Å²) in [5.74, 6) is -0.862. The number of hydrogen-bond donors (Lipinski definition) is 0. The van der Waals surface area contributed by atoms with Crippen molar-refractivity contribution in [1.82, 2.24) is 0 Å². The minimum Gasteiger partial charge on any atom is -0.456 e. The molecule has 1 rings (SSSR count). The summed E-state index contributed by atoms with van der Waals surface area (Å²) in [6, 6.07) is 0. The molecule has 0 N–H and O–H groups in total. The van der Waals surface area contributed by atoms with Crippen molar-refractivity contribution < 1.29 is 33.3 Å². The predicted molar refractivity (Wildman–Crippen MR) is 74.5 cm³/mol. The van der Waals surface area contributed by atoms with Gasteiger partial charge in [0.1, 0.15) is 5.44 Å². The SMILES string of the molecule is CCS[C@H]1OC[C@@H](OC(C)=O)[C@H](OC(C)=O)[C@H]1OC(C)=O. The van der Waals surface area contributed by atoms with E-state index in [0.717, 1.165) is 5.75 Å². The van der Waals surface area contributed by atoms with Crippen LogP contribution >= 0.6 is 11.8 Å². The van der Waals surface area contributed by atoms with Crippen LogP contribution in [0.1, 0.15) is 27.7 Å². The highest BCUT2D eigenvalue weighted by Crippen LogP contribution is 2.30. The maximum Gasteiger partial charge on any atom is 0.303 e. The standard InChI is InChI=1S/C13H20O7S/c1-5-21-13-12(20-9(4)16)11(19-8(3)15)10(6-17-13)18-7(2)14/h10-13H,5-6H2,1-4H3/t10-,11+,12-,13-/m1/s1. The van der Waals surface area contributed by atoms with Crippen LogP contribution in [0.25, 0.3) is 0 Å². The molecule has 0 saturated carbocycles. The molecule has 0 aromatic heterocycles. The monoisotopic (exact) mass is 320 g/mol. The van der Waals surface area contributed by atoms with Crippen LogP contribution < -0.4 is 0 Å². The summed E-state index contributed by atoms with van der Waals surface area (Å²) in [5.41, 5.74) is -0.477. The molecule has 0 radical (unpaired) electrons. The maximum atomic E-state index is 11.3. The van der Waals surface area contributed by atoms with Gasteiger partial charge in [-0.3, -0.25) is 14.4 Å². The molecule has 1 fully saturated rings. The van der Waals surface area contributed by atoms with Gasteiger partial charge in [-0.1, -0.05) is 6.92 Å². The summed E-state index contributed by atoms with van der Waals surface area (Å²) in [4.78, 5) is 33.7. The second kappa shape index (κ2) is 8.23. The molecule has 0 unspecified atom stereocenters. The molecule has 8 heteroatoms. The fraction of sp³-hybridized carbons (Fsp3) is 0.769. The summed E-state index contributed by atoms with van der Waals surface area (Å²) >= 11 is 1.42. The molecule has 0 amide bonds. The Morgan fingerprint density at radius 1 is 1.00 bits per heavy atom. The Kier molecular flexibility index (Phi) is 6.97. The van der Waals surface area contributed by atoms with Crippen LogP contribution in [0.15, 0.2) is 0 Å². The van der Waals surface area contributed by atoms with E-state index in [-0.39, 0.29) is 6.61 Å². The zero-order chi connectivity index (χ0) is 16.0. The third-order valence-corrected chi connectivity index (χ3v) is 3.70. The van der Waals surface area contributed by atoms with E-state index in [1.807, 2.05) is 6.92 Å². The number of thioether (sulfide) groups is 1. The summed E-state index contributed by atoms with van der Waals surface area (Å²) in [6.45, 7) is 5.75. The number of ether oxygens (including phenoxy) is 4. The highest BCUT2D eigenvalue weighted by atomic mass is 32.2. The summed E-state index contributed by atoms with van der Waals surface area (Å²) < 4.78 is 21.1. The molecule has 0 spiro atoms. The zero-order valence-electron chi connectivity index (χ0n) is 12.5. The molecule has 0 aromatic carbocycles. The lowest BCUT2D eigenvalue weighted by atomic mass is 10.1. The van der Waals surface area contributed by atoms with Gasteiger partial charge < -0.3 is 18.9 Å². The van der Waals surface area contributed by atoms with Gasteiger partial charge in [-0.25, -0.2) is 0 Å². The van der Waals surface area contributed by atoms with Gasteiger partial charge in [-0.15, -0.1) is 11.8 Å². The predicted octanol–water partition coefficient (Wildman–Crippen LogP) is 0.891. The lowest BCUT2D eigenvalue weighted by molar-refractivity contribution is -0.213. The molecule has 7 nitrogen and oxygen atoms in total. The van der Waals surface area contributed by atoms with Gasteiger partial charge >= 0.3 is 17.9 Å². The lowest BCUT2D eigenvalue weighted by Crippen LogP contribution is -2.56. The summed E-state index contributed by atoms with van der Waals surface area (Å²) in [5, 5.41) is 0. The minimum absolute atomic E-state index is 0.0763. The number of carbonyl (C=O) groups is 3. The number of hydrogen-bond acceptors (Lipinski definition) is 8. The molecule has 1 aliphatic rings. The first-order chi connectivity index (χ1) is 9.85. The van der Waals surface area contributed by atoms with Crippen molar-refractivity contribution in [3.05, 3.63) is 0 Å². The van der Waals surface area contributed by atoms with Gasteiger partial charge in [0.05, 0.1) is 6.61 Å². The molecule has 1 aliphatic heterocycles. The van der Waals surface area contributed by atoms with Crippen molar-refractivity contribution in [3.63, 3.8) is 0 Å². The Hall–Kier alpha value is -1.28. The molecule has 120 valence electrons. The van der Waals surface area contributed by atoms with E-state index in [1.54, 1.807) is 0 Å². The van der Waals surface area contributed by atoms with Crippen molar-refractivity contribution in [2.24, 2.45) is 0 Å². The van der Waals surface area contributed by atoms with Gasteiger partial charge in [-0.05, 0) is 5.75 Å². The minimum atomic E-state index is -0.881. The fourth-order valence-corrected chi connectivity index (χ4v) is 2.92. The van der Waals surface area contributed by atoms with E-state index in [0.29, 0.717) is 0 Å². The van der Waals surface area contributed by atoms with E-state index >= 15 is 0 Å². The fourth-order valence-electron chi connectivity index (χ4n) is 2.02. The lowest BCUT2D eigenvalue weighted by Gasteiger charge is -2.40. The molecule has 0 aliphatic carbocycles. The second-order valence-electron chi connectivity index (χ2n) is 4.45. The van der Waals surface area contributed by atoms with Crippen LogP contribution in [0.2, 0.25) is 0 Å². The van der Waals surface area contributed by atoms with E-state index < -0.39 is 41.7 Å². The van der Waals surface area contributed by atoms with Gasteiger partial charge in [0.15, 0.2) is 18.3 Å². The van der Waals surface area contributed by atoms with Gasteiger partial charge in [0, 0.05) is 20.8 Å². The van der Waals surface area contributed by atoms with Crippen LogP contribution in [-0.4, -0.2) is 54.0 Å². The molecular weight excluding hydrogens is 300 g/mol. The molecule has 21 heavy (non-hydrogen) atoms. The van der Waals surface area contributed by atoms with E-state index in [1.165, 1.54) is 32.5 Å². The van der Waals surface area contributed by atoms with Crippen molar-refractivity contribution in [3.8, 4) is 0 Å². The van der Waals surface area contributed by atoms with Crippen LogP contribution in [-0.2, 0) is 33.3 Å². The third-order valence-electron chi connectivity index (χ3n) is 2.64. The molecule has 4 atom stereocenters. The van der Waals surface area contributed by atoms with Crippen molar-refractivity contribution in [2.45, 2.75) is 51.4 Å². The molecule has 1 heterocycles. The average Bonchev–Trinajstić information content (AvgIpc) is 2.35. The van der Waals surface area contributed by atoms with E-state index in [4.69, 9.17) is 18.9 Å².